The number of benzene rings is 4. The van der Waals surface area contributed by atoms with Gasteiger partial charge in [0.25, 0.3) is 11.8 Å². The molecular formula is C50H50N6O7. The second kappa shape index (κ2) is 18.4. The number of carbonyl (C=O) groups excluding carboxylic acids is 4. The van der Waals surface area contributed by atoms with Gasteiger partial charge in [-0.1, -0.05) is 84.9 Å². The second-order valence-electron chi connectivity index (χ2n) is 15.8. The Morgan fingerprint density at radius 2 is 1.08 bits per heavy atom. The number of methoxy groups -OCH3 is 2. The van der Waals surface area contributed by atoms with Crippen LogP contribution in [-0.2, 0) is 16.0 Å². The molecule has 4 aromatic carbocycles. The van der Waals surface area contributed by atoms with Gasteiger partial charge >= 0.3 is 0 Å². The van der Waals surface area contributed by atoms with Gasteiger partial charge in [-0.3, -0.25) is 19.2 Å². The van der Waals surface area contributed by atoms with Gasteiger partial charge in [0.05, 0.1) is 31.9 Å². The molecule has 0 aliphatic carbocycles. The number of amides is 4. The van der Waals surface area contributed by atoms with Crippen LogP contribution in [0.4, 0.5) is 22.7 Å². The molecule has 13 heteroatoms. The molecule has 4 atom stereocenters. The molecule has 2 aliphatic heterocycles. The molecule has 4 heterocycles. The van der Waals surface area contributed by atoms with E-state index in [9.17, 15) is 19.2 Å². The van der Waals surface area contributed by atoms with E-state index in [-0.39, 0.29) is 66.0 Å². The molecule has 0 N–H and O–H groups in total. The smallest absolute Gasteiger partial charge is 0.280 e. The first-order valence-corrected chi connectivity index (χ1v) is 21.3. The van der Waals surface area contributed by atoms with E-state index in [2.05, 4.69) is 10.1 Å². The number of aromatic nitrogens is 2. The number of aryl methyl sites for hydroxylation is 1. The van der Waals surface area contributed by atoms with E-state index in [1.54, 1.807) is 37.8 Å². The standard InChI is InChI=1S/C50H50N6O7/c1-6-37-31-40(52-63-37)50(60)54-33(3)28-44(39-22-14-16-24-42(39)54)56(36-19-11-8-12-20-36)48(58)26-25-47(57)55(35-17-9-7-10-18-35)43-27-32(2)53(41-23-15-13-21-38(41)43)49(59)34-29-45(61-4)51-46(30-34)62-5/h7-24,29-33,43-44H,6,25-28H2,1-5H3. The van der Waals surface area contributed by atoms with Crippen molar-refractivity contribution in [2.75, 3.05) is 33.8 Å². The average Bonchev–Trinajstić information content (AvgIpc) is 3.81. The molecule has 6 aromatic rings. The largest absolute Gasteiger partial charge is 0.481 e. The Balaban J connectivity index is 1.09. The number of pyridine rings is 1. The fourth-order valence-corrected chi connectivity index (χ4v) is 8.96. The van der Waals surface area contributed by atoms with Crippen molar-refractivity contribution in [3.8, 4) is 11.8 Å². The number of fused-ring (bicyclic) bond motifs is 2. The third kappa shape index (κ3) is 8.38. The number of hydrogen-bond donors (Lipinski definition) is 0. The lowest BCUT2D eigenvalue weighted by molar-refractivity contribution is -0.124. The zero-order valence-electron chi connectivity index (χ0n) is 36.0. The summed E-state index contributed by atoms with van der Waals surface area (Å²) in [7, 11) is 2.97. The van der Waals surface area contributed by atoms with Gasteiger partial charge in [0.2, 0.25) is 23.6 Å². The minimum absolute atomic E-state index is 0.0777. The van der Waals surface area contributed by atoms with Gasteiger partial charge < -0.3 is 33.6 Å². The lowest BCUT2D eigenvalue weighted by Gasteiger charge is -2.44. The van der Waals surface area contributed by atoms with Crippen molar-refractivity contribution in [1.82, 2.24) is 10.1 Å². The zero-order valence-corrected chi connectivity index (χ0v) is 36.0. The molecule has 2 aromatic heterocycles. The first-order chi connectivity index (χ1) is 30.6. The maximum Gasteiger partial charge on any atom is 0.280 e. The summed E-state index contributed by atoms with van der Waals surface area (Å²) in [6.45, 7) is 5.88. The number of carbonyl (C=O) groups is 4. The highest BCUT2D eigenvalue weighted by Crippen LogP contribution is 2.45. The molecule has 0 bridgehead atoms. The fraction of sp³-hybridized carbons (Fsp3) is 0.280. The summed E-state index contributed by atoms with van der Waals surface area (Å²) in [5, 5.41) is 4.07. The first kappa shape index (κ1) is 42.4. The topological polar surface area (TPSA) is 139 Å². The maximum absolute atomic E-state index is 14.9. The minimum Gasteiger partial charge on any atom is -0.481 e. The molecule has 4 unspecified atom stereocenters. The van der Waals surface area contributed by atoms with Crippen LogP contribution in [0, 0.1) is 0 Å². The van der Waals surface area contributed by atoms with E-state index in [0.717, 1.165) is 11.1 Å². The number of rotatable bonds is 12. The van der Waals surface area contributed by atoms with Gasteiger partial charge in [0.1, 0.15) is 5.76 Å². The van der Waals surface area contributed by atoms with Crippen LogP contribution in [0.5, 0.6) is 11.8 Å². The Morgan fingerprint density at radius 1 is 0.635 bits per heavy atom. The van der Waals surface area contributed by atoms with Crippen LogP contribution in [0.1, 0.15) is 96.3 Å². The van der Waals surface area contributed by atoms with Crippen LogP contribution in [0.2, 0.25) is 0 Å². The van der Waals surface area contributed by atoms with E-state index in [4.69, 9.17) is 14.0 Å². The predicted octanol–water partition coefficient (Wildman–Crippen LogP) is 9.16. The molecule has 13 nitrogen and oxygen atoms in total. The van der Waals surface area contributed by atoms with Crippen LogP contribution in [0.25, 0.3) is 0 Å². The molecule has 0 fully saturated rings. The average molecular weight is 847 g/mol. The number of nitrogens with zero attached hydrogens (tertiary/aromatic N) is 6. The minimum atomic E-state index is -0.454. The van der Waals surface area contributed by atoms with Gasteiger partial charge in [0.15, 0.2) is 5.69 Å². The first-order valence-electron chi connectivity index (χ1n) is 21.3. The molecule has 0 saturated carbocycles. The molecule has 0 spiro atoms. The van der Waals surface area contributed by atoms with Gasteiger partial charge in [-0.25, -0.2) is 0 Å². The van der Waals surface area contributed by atoms with E-state index >= 15 is 0 Å². The summed E-state index contributed by atoms with van der Waals surface area (Å²) in [4.78, 5) is 69.4. The van der Waals surface area contributed by atoms with Crippen LogP contribution < -0.4 is 29.1 Å². The Labute approximate surface area is 366 Å². The van der Waals surface area contributed by atoms with Gasteiger partial charge in [0, 0.05) is 72.3 Å². The summed E-state index contributed by atoms with van der Waals surface area (Å²) in [5.74, 6) is 0.141. The number of anilines is 4. The third-order valence-electron chi connectivity index (χ3n) is 11.9. The van der Waals surface area contributed by atoms with Crippen LogP contribution >= 0.6 is 0 Å². The highest BCUT2D eigenvalue weighted by atomic mass is 16.5. The summed E-state index contributed by atoms with van der Waals surface area (Å²) < 4.78 is 16.1. The van der Waals surface area contributed by atoms with Crippen molar-refractivity contribution < 1.29 is 33.2 Å². The number of ether oxygens (including phenoxy) is 2. The quantitative estimate of drug-likeness (QED) is 0.118. The van der Waals surface area contributed by atoms with E-state index < -0.39 is 12.1 Å². The summed E-state index contributed by atoms with van der Waals surface area (Å²) in [5.41, 5.74) is 4.93. The molecule has 0 radical (unpaired) electrons. The van der Waals surface area contributed by atoms with Crippen molar-refractivity contribution in [1.29, 1.82) is 0 Å². The van der Waals surface area contributed by atoms with Gasteiger partial charge in [-0.15, -0.1) is 0 Å². The number of hydrogen-bond acceptors (Lipinski definition) is 9. The Hall–Kier alpha value is -7.28. The van der Waals surface area contributed by atoms with Crippen LogP contribution in [0.3, 0.4) is 0 Å². The molecule has 2 aliphatic rings. The van der Waals surface area contributed by atoms with E-state index in [1.165, 1.54) is 14.2 Å². The van der Waals surface area contributed by atoms with Crippen LogP contribution in [-0.4, -0.2) is 60.1 Å². The summed E-state index contributed by atoms with van der Waals surface area (Å²) in [6.07, 6.45) is 1.32. The molecule has 322 valence electrons. The Kier molecular flexibility index (Phi) is 12.4. The predicted molar refractivity (Wildman–Crippen MR) is 240 cm³/mol. The monoisotopic (exact) mass is 846 g/mol. The van der Waals surface area contributed by atoms with E-state index in [1.807, 2.05) is 130 Å². The van der Waals surface area contributed by atoms with Crippen molar-refractivity contribution in [2.24, 2.45) is 0 Å². The second-order valence-corrected chi connectivity index (χ2v) is 15.8. The molecular weight excluding hydrogens is 797 g/mol. The van der Waals surface area contributed by atoms with Crippen LogP contribution in [0.15, 0.2) is 132 Å². The van der Waals surface area contributed by atoms with Crippen molar-refractivity contribution in [3.63, 3.8) is 0 Å². The van der Waals surface area contributed by atoms with Crippen molar-refractivity contribution in [2.45, 2.75) is 77.0 Å². The Bertz CT molecular complexity index is 2590. The van der Waals surface area contributed by atoms with E-state index in [0.29, 0.717) is 53.3 Å². The lowest BCUT2D eigenvalue weighted by Crippen LogP contribution is -2.48. The highest BCUT2D eigenvalue weighted by molar-refractivity contribution is 6.09. The molecule has 8 rings (SSSR count). The zero-order chi connectivity index (χ0) is 44.2. The molecule has 63 heavy (non-hydrogen) atoms. The molecule has 4 amide bonds. The fourth-order valence-electron chi connectivity index (χ4n) is 8.96. The summed E-state index contributed by atoms with van der Waals surface area (Å²) >= 11 is 0. The molecule has 0 saturated heterocycles. The van der Waals surface area contributed by atoms with Gasteiger partial charge in [-0.2, -0.15) is 4.98 Å². The van der Waals surface area contributed by atoms with Crippen molar-refractivity contribution in [3.05, 3.63) is 156 Å². The maximum atomic E-state index is 14.9. The Morgan fingerprint density at radius 3 is 1.52 bits per heavy atom. The van der Waals surface area contributed by atoms with Gasteiger partial charge in [-0.05, 0) is 74.2 Å². The normalized spacial score (nSPS) is 17.9. The highest BCUT2D eigenvalue weighted by Gasteiger charge is 2.42. The lowest BCUT2D eigenvalue weighted by atomic mass is 9.89. The number of para-hydroxylation sites is 4. The third-order valence-corrected chi connectivity index (χ3v) is 11.9. The van der Waals surface area contributed by atoms with Crippen molar-refractivity contribution >= 4 is 46.4 Å². The SMILES string of the molecule is CCc1cc(C(=O)N2c3ccccc3C(N(C(=O)CCC(=O)N(c3ccccc3)C3CC(C)N(C(=O)c4cc(OC)nc(OC)c4)c4ccccc43)c3ccccc3)CC2C)no1. The summed E-state index contributed by atoms with van der Waals surface area (Å²) in [6, 6.07) is 37.5.